The molecular formula is C27H29F13N2O2. The highest BCUT2D eigenvalue weighted by atomic mass is 19.4. The van der Waals surface area contributed by atoms with Gasteiger partial charge in [0, 0.05) is 18.0 Å². The van der Waals surface area contributed by atoms with E-state index in [1.165, 1.54) is 44.2 Å². The lowest BCUT2D eigenvalue weighted by Crippen LogP contribution is -2.64. The Hall–Kier alpha value is -2.85. The van der Waals surface area contributed by atoms with E-state index in [1.807, 2.05) is 4.74 Å². The van der Waals surface area contributed by atoms with E-state index in [2.05, 4.69) is 21.6 Å². The van der Waals surface area contributed by atoms with Crippen LogP contribution in [0.4, 0.5) is 57.1 Å². The predicted octanol–water partition coefficient (Wildman–Crippen LogP) is 9.88. The largest absolute Gasteiger partial charge is 0.487 e. The number of nitrogens with zero attached hydrogens (tertiary/aromatic N) is 2. The highest BCUT2D eigenvalue weighted by Crippen LogP contribution is 2.55. The summed E-state index contributed by atoms with van der Waals surface area (Å²) in [6.45, 7) is -0.379. The first-order chi connectivity index (χ1) is 20.2. The van der Waals surface area contributed by atoms with E-state index in [-0.39, 0.29) is 5.82 Å². The second-order valence-corrected chi connectivity index (χ2v) is 9.94. The molecule has 1 aromatic carbocycles. The van der Waals surface area contributed by atoms with E-state index in [1.54, 1.807) is 12.4 Å². The Bertz CT molecular complexity index is 1160. The van der Waals surface area contributed by atoms with Gasteiger partial charge in [-0.1, -0.05) is 51.9 Å². The number of rotatable bonds is 18. The lowest BCUT2D eigenvalue weighted by atomic mass is 10.1. The molecule has 17 heteroatoms. The van der Waals surface area contributed by atoms with E-state index in [4.69, 9.17) is 0 Å². The summed E-state index contributed by atoms with van der Waals surface area (Å²) >= 11 is 0. The van der Waals surface area contributed by atoms with E-state index in [0.29, 0.717) is 5.56 Å². The summed E-state index contributed by atoms with van der Waals surface area (Å²) in [5.74, 6) is -21.6. The molecule has 44 heavy (non-hydrogen) atoms. The SMILES string of the molecule is CCCCCCCCCCc1cnc(-c2ccc(OCC(F)(F)C(F)(F)OC(F)(F)C(F)(F)C(F)(F)C(F)(F)F)cc2)nc1. The van der Waals surface area contributed by atoms with Crippen molar-refractivity contribution in [3.05, 3.63) is 42.2 Å². The molecule has 0 saturated carbocycles. The van der Waals surface area contributed by atoms with Gasteiger partial charge in [-0.3, -0.25) is 0 Å². The first kappa shape index (κ1) is 37.3. The molecule has 0 bridgehead atoms. The highest BCUT2D eigenvalue weighted by Gasteiger charge is 2.84. The molecule has 2 rings (SSSR count). The molecule has 1 aromatic heterocycles. The topological polar surface area (TPSA) is 44.2 Å². The Morgan fingerprint density at radius 2 is 1.11 bits per heavy atom. The fraction of sp³-hybridized carbons (Fsp3) is 0.630. The zero-order valence-electron chi connectivity index (χ0n) is 23.2. The summed E-state index contributed by atoms with van der Waals surface area (Å²) in [6, 6.07) is 4.33. The molecule has 1 heterocycles. The molecule has 0 aliphatic carbocycles. The number of aryl methyl sites for hydroxylation is 1. The summed E-state index contributed by atoms with van der Waals surface area (Å²) in [4.78, 5) is 8.37. The molecule has 0 saturated heterocycles. The first-order valence-corrected chi connectivity index (χ1v) is 13.4. The number of unbranched alkanes of at least 4 members (excludes halogenated alkanes) is 7. The number of alkyl halides is 13. The molecule has 4 nitrogen and oxygen atoms in total. The zero-order valence-corrected chi connectivity index (χ0v) is 23.2. The second kappa shape index (κ2) is 14.5. The highest BCUT2D eigenvalue weighted by molar-refractivity contribution is 5.55. The molecule has 0 spiro atoms. The fourth-order valence-electron chi connectivity index (χ4n) is 3.71. The minimum atomic E-state index is -7.69. The maximum atomic E-state index is 13.9. The summed E-state index contributed by atoms with van der Waals surface area (Å²) in [7, 11) is 0. The van der Waals surface area contributed by atoms with Crippen LogP contribution in [0, 0.1) is 0 Å². The molecule has 0 N–H and O–H groups in total. The number of hydrogen-bond acceptors (Lipinski definition) is 4. The third-order valence-electron chi connectivity index (χ3n) is 6.36. The fourth-order valence-corrected chi connectivity index (χ4v) is 3.71. The molecule has 2 aromatic rings. The van der Waals surface area contributed by atoms with Crippen LogP contribution in [0.1, 0.15) is 63.9 Å². The Morgan fingerprint density at radius 3 is 1.61 bits per heavy atom. The van der Waals surface area contributed by atoms with Gasteiger partial charge in [0.2, 0.25) is 0 Å². The predicted molar refractivity (Wildman–Crippen MR) is 131 cm³/mol. The van der Waals surface area contributed by atoms with Crippen LogP contribution >= 0.6 is 0 Å². The van der Waals surface area contributed by atoms with Gasteiger partial charge >= 0.3 is 36.2 Å². The van der Waals surface area contributed by atoms with Gasteiger partial charge in [0.1, 0.15) is 5.75 Å². The summed E-state index contributed by atoms with van der Waals surface area (Å²) in [5, 5.41) is 0. The third kappa shape index (κ3) is 9.10. The van der Waals surface area contributed by atoms with Crippen molar-refractivity contribution in [1.82, 2.24) is 9.97 Å². The molecule has 0 fully saturated rings. The Labute approximate surface area is 244 Å². The molecular weight excluding hydrogens is 631 g/mol. The Morgan fingerprint density at radius 1 is 0.614 bits per heavy atom. The number of halogens is 13. The average molecular weight is 661 g/mol. The van der Waals surface area contributed by atoms with E-state index in [0.717, 1.165) is 43.4 Å². The van der Waals surface area contributed by atoms with Crippen molar-refractivity contribution >= 4 is 0 Å². The maximum Gasteiger partial charge on any atom is 0.460 e. The van der Waals surface area contributed by atoms with Crippen LogP contribution in [-0.4, -0.2) is 52.7 Å². The smallest absolute Gasteiger partial charge is 0.460 e. The maximum absolute atomic E-state index is 13.9. The van der Waals surface area contributed by atoms with Crippen molar-refractivity contribution in [2.24, 2.45) is 0 Å². The molecule has 0 aliphatic heterocycles. The molecule has 0 aliphatic rings. The van der Waals surface area contributed by atoms with E-state index >= 15 is 0 Å². The Kier molecular flexibility index (Phi) is 12.3. The van der Waals surface area contributed by atoms with Gasteiger partial charge in [-0.2, -0.15) is 57.1 Å². The quantitative estimate of drug-likeness (QED) is 0.118. The second-order valence-electron chi connectivity index (χ2n) is 9.94. The molecule has 0 amide bonds. The molecule has 0 unspecified atom stereocenters. The third-order valence-corrected chi connectivity index (χ3v) is 6.36. The van der Waals surface area contributed by atoms with Gasteiger partial charge in [0.15, 0.2) is 12.4 Å². The van der Waals surface area contributed by atoms with Crippen LogP contribution in [-0.2, 0) is 11.2 Å². The minimum absolute atomic E-state index is 0.195. The summed E-state index contributed by atoms with van der Waals surface area (Å²) in [6.07, 6.45) is -8.41. The van der Waals surface area contributed by atoms with Crippen molar-refractivity contribution in [2.75, 3.05) is 6.61 Å². The standard InChI is InChI=1S/C27H29F13N2O2/c1-2-3-4-5-6-7-8-9-10-18-15-41-21(42-16-18)19-11-13-20(14-12-19)43-17-22(28,29)26(37,38)44-27(39,40)24(32,33)23(30,31)25(34,35)36/h11-16H,2-10,17H2,1H3. The van der Waals surface area contributed by atoms with Crippen LogP contribution in [0.2, 0.25) is 0 Å². The lowest BCUT2D eigenvalue weighted by molar-refractivity contribution is -0.502. The van der Waals surface area contributed by atoms with Gasteiger partial charge in [-0.05, 0) is 42.7 Å². The minimum Gasteiger partial charge on any atom is -0.487 e. The van der Waals surface area contributed by atoms with Gasteiger partial charge in [0.25, 0.3) is 0 Å². The summed E-state index contributed by atoms with van der Waals surface area (Å²) < 4.78 is 177. The van der Waals surface area contributed by atoms with E-state index < -0.39 is 48.5 Å². The van der Waals surface area contributed by atoms with Crippen molar-refractivity contribution < 1.29 is 66.5 Å². The number of hydrogen-bond donors (Lipinski definition) is 0. The van der Waals surface area contributed by atoms with Crippen molar-refractivity contribution in [3.63, 3.8) is 0 Å². The van der Waals surface area contributed by atoms with Crippen LogP contribution < -0.4 is 4.74 Å². The molecule has 250 valence electrons. The monoisotopic (exact) mass is 660 g/mol. The van der Waals surface area contributed by atoms with Crippen LogP contribution in [0.5, 0.6) is 5.75 Å². The van der Waals surface area contributed by atoms with Crippen LogP contribution in [0.3, 0.4) is 0 Å². The Balaban J connectivity index is 1.95. The lowest BCUT2D eigenvalue weighted by Gasteiger charge is -2.36. The number of ether oxygens (including phenoxy) is 2. The van der Waals surface area contributed by atoms with Crippen molar-refractivity contribution in [1.29, 1.82) is 0 Å². The van der Waals surface area contributed by atoms with Crippen molar-refractivity contribution in [2.45, 2.75) is 101 Å². The van der Waals surface area contributed by atoms with Crippen LogP contribution in [0.25, 0.3) is 11.4 Å². The molecule has 0 atom stereocenters. The van der Waals surface area contributed by atoms with Gasteiger partial charge in [-0.25, -0.2) is 14.7 Å². The van der Waals surface area contributed by atoms with Gasteiger partial charge in [0.05, 0.1) is 0 Å². The number of aromatic nitrogens is 2. The van der Waals surface area contributed by atoms with Gasteiger partial charge < -0.3 is 4.74 Å². The average Bonchev–Trinajstić information content (AvgIpc) is 2.92. The van der Waals surface area contributed by atoms with E-state index in [9.17, 15) is 57.1 Å². The zero-order chi connectivity index (χ0) is 33.5. The van der Waals surface area contributed by atoms with Crippen LogP contribution in [0.15, 0.2) is 36.7 Å². The van der Waals surface area contributed by atoms with Crippen molar-refractivity contribution in [3.8, 4) is 17.1 Å². The van der Waals surface area contributed by atoms with Gasteiger partial charge in [-0.15, -0.1) is 0 Å². The summed E-state index contributed by atoms with van der Waals surface area (Å²) in [5.41, 5.74) is 1.19. The molecule has 0 radical (unpaired) electrons. The first-order valence-electron chi connectivity index (χ1n) is 13.4. The number of benzene rings is 1. The normalized spacial score (nSPS) is 13.8.